The molecule has 1 N–H and O–H groups in total. The van der Waals surface area contributed by atoms with E-state index in [1.807, 2.05) is 0 Å². The molecule has 0 bridgehead atoms. The van der Waals surface area contributed by atoms with Crippen molar-refractivity contribution in [3.05, 3.63) is 12.7 Å². The maximum atomic E-state index is 9.12. The smallest absolute Gasteiger partial charge is 0.0602 e. The highest BCUT2D eigenvalue weighted by atomic mass is 16.3. The van der Waals surface area contributed by atoms with Gasteiger partial charge in [-0.25, -0.2) is 0 Å². The van der Waals surface area contributed by atoms with Gasteiger partial charge in [0, 0.05) is 0 Å². The molecular formula is C7H12O. The van der Waals surface area contributed by atoms with Gasteiger partial charge in [-0.05, 0) is 25.2 Å². The van der Waals surface area contributed by atoms with Gasteiger partial charge in [-0.1, -0.05) is 6.08 Å². The topological polar surface area (TPSA) is 20.2 Å². The highest BCUT2D eigenvalue weighted by molar-refractivity contribution is 4.85. The Hall–Kier alpha value is -0.300. The molecule has 0 aromatic heterocycles. The molecule has 0 spiro atoms. The molecule has 1 heteroatoms. The minimum absolute atomic E-state index is 0.0903. The molecule has 0 saturated heterocycles. The monoisotopic (exact) mass is 112 g/mol. The molecule has 1 aliphatic carbocycles. The number of hydrogen-bond acceptors (Lipinski definition) is 1. The van der Waals surface area contributed by atoms with Crippen LogP contribution >= 0.6 is 0 Å². The maximum absolute atomic E-state index is 9.12. The number of hydrogen-bond donors (Lipinski definition) is 1. The summed E-state index contributed by atoms with van der Waals surface area (Å²) in [6, 6.07) is 0. The molecule has 1 rings (SSSR count). The molecular weight excluding hydrogens is 100 g/mol. The fraction of sp³-hybridized carbons (Fsp3) is 0.714. The van der Waals surface area contributed by atoms with Crippen LogP contribution in [-0.2, 0) is 0 Å². The first-order valence-corrected chi connectivity index (χ1v) is 3.13. The molecule has 0 aliphatic heterocycles. The number of aliphatic hydroxyl groups excluding tert-OH is 1. The summed E-state index contributed by atoms with van der Waals surface area (Å²) in [4.78, 5) is 0. The standard InChI is InChI=1S/C7H12O/c1-2-3-7(8)6-4-5-6/h2,6-8H,1,3-5H2. The molecule has 0 aromatic rings. The first-order chi connectivity index (χ1) is 3.84. The molecule has 0 radical (unpaired) electrons. The molecule has 0 amide bonds. The van der Waals surface area contributed by atoms with Gasteiger partial charge in [0.05, 0.1) is 6.10 Å². The summed E-state index contributed by atoms with van der Waals surface area (Å²) in [5.41, 5.74) is 0. The molecule has 8 heavy (non-hydrogen) atoms. The Labute approximate surface area is 50.0 Å². The van der Waals surface area contributed by atoms with Gasteiger partial charge in [-0.3, -0.25) is 0 Å². The van der Waals surface area contributed by atoms with E-state index in [-0.39, 0.29) is 6.10 Å². The lowest BCUT2D eigenvalue weighted by Gasteiger charge is -2.02. The van der Waals surface area contributed by atoms with Crippen LogP contribution in [0.4, 0.5) is 0 Å². The lowest BCUT2D eigenvalue weighted by Crippen LogP contribution is -2.06. The molecule has 1 aliphatic rings. The Balaban J connectivity index is 2.12. The second kappa shape index (κ2) is 2.31. The Morgan fingerprint density at radius 3 is 2.75 bits per heavy atom. The van der Waals surface area contributed by atoms with Crippen molar-refractivity contribution in [1.29, 1.82) is 0 Å². The fourth-order valence-corrected chi connectivity index (χ4v) is 0.844. The van der Waals surface area contributed by atoms with Crippen LogP contribution in [0.2, 0.25) is 0 Å². The van der Waals surface area contributed by atoms with E-state index in [1.165, 1.54) is 12.8 Å². The van der Waals surface area contributed by atoms with Crippen LogP contribution in [0.15, 0.2) is 12.7 Å². The van der Waals surface area contributed by atoms with Gasteiger partial charge < -0.3 is 5.11 Å². The highest BCUT2D eigenvalue weighted by Crippen LogP contribution is 2.33. The highest BCUT2D eigenvalue weighted by Gasteiger charge is 2.28. The van der Waals surface area contributed by atoms with E-state index in [2.05, 4.69) is 6.58 Å². The Bertz CT molecular complexity index is 84.4. The van der Waals surface area contributed by atoms with Crippen molar-refractivity contribution in [2.24, 2.45) is 5.92 Å². The zero-order valence-corrected chi connectivity index (χ0v) is 5.01. The third kappa shape index (κ3) is 1.34. The third-order valence-corrected chi connectivity index (χ3v) is 1.57. The zero-order chi connectivity index (χ0) is 5.98. The number of rotatable bonds is 3. The van der Waals surface area contributed by atoms with Crippen LogP contribution in [0.5, 0.6) is 0 Å². The van der Waals surface area contributed by atoms with Crippen LogP contribution in [0, 0.1) is 5.92 Å². The Kier molecular flexibility index (Phi) is 1.69. The summed E-state index contributed by atoms with van der Waals surface area (Å²) < 4.78 is 0. The minimum atomic E-state index is -0.0903. The summed E-state index contributed by atoms with van der Waals surface area (Å²) in [6.45, 7) is 3.55. The van der Waals surface area contributed by atoms with E-state index >= 15 is 0 Å². The summed E-state index contributed by atoms with van der Waals surface area (Å²) in [5.74, 6) is 0.605. The molecule has 1 atom stereocenters. The van der Waals surface area contributed by atoms with Crippen molar-refractivity contribution in [2.75, 3.05) is 0 Å². The van der Waals surface area contributed by atoms with E-state index < -0.39 is 0 Å². The molecule has 1 unspecified atom stereocenters. The second-order valence-electron chi connectivity index (χ2n) is 2.43. The summed E-state index contributed by atoms with van der Waals surface area (Å²) in [6.07, 6.45) is 4.89. The van der Waals surface area contributed by atoms with Crippen molar-refractivity contribution in [3.63, 3.8) is 0 Å². The predicted molar refractivity (Wildman–Crippen MR) is 33.5 cm³/mol. The van der Waals surface area contributed by atoms with Crippen molar-refractivity contribution in [1.82, 2.24) is 0 Å². The summed E-state index contributed by atoms with van der Waals surface area (Å²) in [5, 5.41) is 9.12. The van der Waals surface area contributed by atoms with Crippen LogP contribution in [0.3, 0.4) is 0 Å². The quantitative estimate of drug-likeness (QED) is 0.546. The molecule has 0 heterocycles. The molecule has 1 saturated carbocycles. The van der Waals surface area contributed by atoms with Crippen molar-refractivity contribution in [3.8, 4) is 0 Å². The summed E-state index contributed by atoms with van der Waals surface area (Å²) in [7, 11) is 0. The average Bonchev–Trinajstić information content (AvgIpc) is 2.45. The SMILES string of the molecule is C=CCC(O)C1CC1. The maximum Gasteiger partial charge on any atom is 0.0602 e. The van der Waals surface area contributed by atoms with Crippen LogP contribution in [0.1, 0.15) is 19.3 Å². The van der Waals surface area contributed by atoms with E-state index in [4.69, 9.17) is 5.11 Å². The number of aliphatic hydroxyl groups is 1. The van der Waals surface area contributed by atoms with Gasteiger partial charge in [-0.2, -0.15) is 0 Å². The zero-order valence-electron chi connectivity index (χ0n) is 5.01. The Morgan fingerprint density at radius 1 is 1.75 bits per heavy atom. The summed E-state index contributed by atoms with van der Waals surface area (Å²) >= 11 is 0. The normalized spacial score (nSPS) is 22.6. The van der Waals surface area contributed by atoms with Crippen molar-refractivity contribution < 1.29 is 5.11 Å². The van der Waals surface area contributed by atoms with Crippen molar-refractivity contribution >= 4 is 0 Å². The van der Waals surface area contributed by atoms with E-state index in [0.717, 1.165) is 6.42 Å². The largest absolute Gasteiger partial charge is 0.393 e. The van der Waals surface area contributed by atoms with Crippen LogP contribution in [0.25, 0.3) is 0 Å². The molecule has 0 aromatic carbocycles. The van der Waals surface area contributed by atoms with Crippen molar-refractivity contribution in [2.45, 2.75) is 25.4 Å². The first kappa shape index (κ1) is 5.83. The average molecular weight is 112 g/mol. The van der Waals surface area contributed by atoms with Gasteiger partial charge in [0.2, 0.25) is 0 Å². The fourth-order valence-electron chi connectivity index (χ4n) is 0.844. The van der Waals surface area contributed by atoms with Crippen LogP contribution in [-0.4, -0.2) is 11.2 Å². The van der Waals surface area contributed by atoms with E-state index in [9.17, 15) is 0 Å². The molecule has 1 fully saturated rings. The van der Waals surface area contributed by atoms with Crippen LogP contribution < -0.4 is 0 Å². The second-order valence-corrected chi connectivity index (χ2v) is 2.43. The predicted octanol–water partition coefficient (Wildman–Crippen LogP) is 1.33. The van der Waals surface area contributed by atoms with E-state index in [0.29, 0.717) is 5.92 Å². The third-order valence-electron chi connectivity index (χ3n) is 1.57. The van der Waals surface area contributed by atoms with Gasteiger partial charge in [0.1, 0.15) is 0 Å². The molecule has 46 valence electrons. The van der Waals surface area contributed by atoms with Gasteiger partial charge in [-0.15, -0.1) is 6.58 Å². The van der Waals surface area contributed by atoms with Gasteiger partial charge in [0.15, 0.2) is 0 Å². The van der Waals surface area contributed by atoms with Gasteiger partial charge >= 0.3 is 0 Å². The molecule has 1 nitrogen and oxygen atoms in total. The minimum Gasteiger partial charge on any atom is -0.393 e. The Morgan fingerprint density at radius 2 is 2.38 bits per heavy atom. The lowest BCUT2D eigenvalue weighted by atomic mass is 10.2. The lowest BCUT2D eigenvalue weighted by molar-refractivity contribution is 0.154. The van der Waals surface area contributed by atoms with Gasteiger partial charge in [0.25, 0.3) is 0 Å². The first-order valence-electron chi connectivity index (χ1n) is 3.13. The van der Waals surface area contributed by atoms with E-state index in [1.54, 1.807) is 6.08 Å².